The van der Waals surface area contributed by atoms with Crippen molar-refractivity contribution in [2.75, 3.05) is 36.5 Å². The second-order valence-corrected chi connectivity index (χ2v) is 5.92. The van der Waals surface area contributed by atoms with Crippen LogP contribution in [0, 0.1) is 13.8 Å². The predicted molar refractivity (Wildman–Crippen MR) is 90.6 cm³/mol. The average Bonchev–Trinajstić information content (AvgIpc) is 2.87. The molecule has 1 N–H and O–H groups in total. The number of para-hydroxylation sites is 1. The van der Waals surface area contributed by atoms with Gasteiger partial charge in [-0.05, 0) is 32.0 Å². The summed E-state index contributed by atoms with van der Waals surface area (Å²) in [6, 6.07) is 7.26. The number of carbonyl (C=O) groups is 1. The maximum atomic E-state index is 12.5. The van der Waals surface area contributed by atoms with Crippen LogP contribution in [-0.2, 0) is 4.74 Å². The van der Waals surface area contributed by atoms with Gasteiger partial charge in [-0.25, -0.2) is 0 Å². The van der Waals surface area contributed by atoms with E-state index in [0.717, 1.165) is 18.8 Å². The first-order valence-electron chi connectivity index (χ1n) is 7.56. The van der Waals surface area contributed by atoms with Crippen molar-refractivity contribution in [1.82, 2.24) is 0 Å². The minimum atomic E-state index is -0.198. The van der Waals surface area contributed by atoms with Gasteiger partial charge in [0, 0.05) is 13.1 Å². The van der Waals surface area contributed by atoms with E-state index in [1.165, 1.54) is 0 Å². The molecular weight excluding hydrogens is 316 g/mol. The van der Waals surface area contributed by atoms with E-state index in [1.807, 2.05) is 25.1 Å². The van der Waals surface area contributed by atoms with E-state index in [-0.39, 0.29) is 5.91 Å². The highest BCUT2D eigenvalue weighted by Gasteiger charge is 2.20. The summed E-state index contributed by atoms with van der Waals surface area (Å²) in [5, 5.41) is 3.57. The van der Waals surface area contributed by atoms with Crippen molar-refractivity contribution >= 4 is 28.9 Å². The molecule has 1 saturated heterocycles. The highest BCUT2D eigenvalue weighted by atomic mass is 35.5. The van der Waals surface area contributed by atoms with E-state index in [0.29, 0.717) is 41.0 Å². The Hall–Kier alpha value is -1.98. The van der Waals surface area contributed by atoms with Gasteiger partial charge in [-0.1, -0.05) is 17.7 Å². The number of hydrogen-bond donors (Lipinski definition) is 1. The molecule has 2 aromatic rings. The van der Waals surface area contributed by atoms with Crippen LogP contribution in [0.1, 0.15) is 21.9 Å². The molecule has 0 spiro atoms. The summed E-state index contributed by atoms with van der Waals surface area (Å²) in [5.41, 5.74) is 2.07. The lowest BCUT2D eigenvalue weighted by Gasteiger charge is -2.31. The molecule has 1 aromatic carbocycles. The van der Waals surface area contributed by atoms with Crippen molar-refractivity contribution in [3.8, 4) is 0 Å². The van der Waals surface area contributed by atoms with E-state index < -0.39 is 0 Å². The molecule has 6 heteroatoms. The van der Waals surface area contributed by atoms with Gasteiger partial charge in [0.2, 0.25) is 0 Å². The molecule has 1 aromatic heterocycles. The smallest absolute Gasteiger partial charge is 0.259 e. The van der Waals surface area contributed by atoms with Crippen LogP contribution in [0.4, 0.5) is 11.4 Å². The molecule has 1 fully saturated rings. The molecule has 0 aliphatic carbocycles. The van der Waals surface area contributed by atoms with Crippen LogP contribution in [0.3, 0.4) is 0 Å². The molecule has 0 bridgehead atoms. The Labute approximate surface area is 140 Å². The maximum absolute atomic E-state index is 12.5. The van der Waals surface area contributed by atoms with Gasteiger partial charge in [-0.3, -0.25) is 4.79 Å². The van der Waals surface area contributed by atoms with Gasteiger partial charge < -0.3 is 19.4 Å². The number of amides is 1. The lowest BCUT2D eigenvalue weighted by Crippen LogP contribution is -2.37. The Balaban J connectivity index is 1.89. The third-order valence-electron chi connectivity index (χ3n) is 3.85. The third-order valence-corrected chi connectivity index (χ3v) is 4.15. The zero-order valence-electron chi connectivity index (χ0n) is 13.2. The van der Waals surface area contributed by atoms with Crippen LogP contribution in [0.2, 0.25) is 5.02 Å². The third kappa shape index (κ3) is 3.35. The highest BCUT2D eigenvalue weighted by Crippen LogP contribution is 2.34. The molecule has 122 valence electrons. The van der Waals surface area contributed by atoms with Crippen LogP contribution in [0.5, 0.6) is 0 Å². The van der Waals surface area contributed by atoms with E-state index >= 15 is 0 Å². The molecule has 1 amide bonds. The summed E-state index contributed by atoms with van der Waals surface area (Å²) in [7, 11) is 0. The van der Waals surface area contributed by atoms with Gasteiger partial charge in [-0.2, -0.15) is 0 Å². The first kappa shape index (κ1) is 15.9. The van der Waals surface area contributed by atoms with Crippen molar-refractivity contribution in [2.45, 2.75) is 13.8 Å². The molecule has 1 aliphatic heterocycles. The van der Waals surface area contributed by atoms with Gasteiger partial charge in [0.15, 0.2) is 0 Å². The van der Waals surface area contributed by atoms with E-state index in [4.69, 9.17) is 20.8 Å². The number of ether oxygens (including phenoxy) is 1. The number of nitrogens with zero attached hydrogens (tertiary/aromatic N) is 1. The molecule has 3 rings (SSSR count). The van der Waals surface area contributed by atoms with Gasteiger partial charge in [0.25, 0.3) is 5.91 Å². The first-order chi connectivity index (χ1) is 11.1. The normalized spacial score (nSPS) is 14.8. The number of halogens is 1. The number of aryl methyl sites for hydroxylation is 2. The lowest BCUT2D eigenvalue weighted by atomic mass is 10.2. The second kappa shape index (κ2) is 6.64. The summed E-state index contributed by atoms with van der Waals surface area (Å²) < 4.78 is 10.8. The van der Waals surface area contributed by atoms with Crippen LogP contribution in [-0.4, -0.2) is 32.2 Å². The van der Waals surface area contributed by atoms with Gasteiger partial charge in [0.1, 0.15) is 11.5 Å². The molecule has 2 heterocycles. The molecular formula is C17H19ClN2O3. The predicted octanol–water partition coefficient (Wildman–Crippen LogP) is 3.64. The topological polar surface area (TPSA) is 54.7 Å². The number of nitrogens with one attached hydrogen (secondary N) is 1. The number of carbonyl (C=O) groups excluding carboxylic acids is 1. The summed E-state index contributed by atoms with van der Waals surface area (Å²) in [6.45, 7) is 6.40. The van der Waals surface area contributed by atoms with Crippen molar-refractivity contribution in [1.29, 1.82) is 0 Å². The van der Waals surface area contributed by atoms with Gasteiger partial charge in [0.05, 0.1) is 35.2 Å². The van der Waals surface area contributed by atoms with Crippen molar-refractivity contribution in [2.24, 2.45) is 0 Å². The van der Waals surface area contributed by atoms with Crippen LogP contribution < -0.4 is 10.2 Å². The number of morpholine rings is 1. The Morgan fingerprint density at radius 2 is 2.00 bits per heavy atom. The minimum absolute atomic E-state index is 0.198. The number of benzene rings is 1. The molecule has 0 saturated carbocycles. The monoisotopic (exact) mass is 334 g/mol. The fourth-order valence-electron chi connectivity index (χ4n) is 2.77. The Morgan fingerprint density at radius 3 is 2.65 bits per heavy atom. The molecule has 5 nitrogen and oxygen atoms in total. The number of hydrogen-bond acceptors (Lipinski definition) is 4. The van der Waals surface area contributed by atoms with Gasteiger partial charge >= 0.3 is 0 Å². The number of rotatable bonds is 3. The molecule has 0 atom stereocenters. The van der Waals surface area contributed by atoms with Crippen LogP contribution in [0.25, 0.3) is 0 Å². The zero-order chi connectivity index (χ0) is 16.4. The molecule has 0 radical (unpaired) electrons. The Morgan fingerprint density at radius 1 is 1.26 bits per heavy atom. The van der Waals surface area contributed by atoms with E-state index in [9.17, 15) is 4.79 Å². The fourth-order valence-corrected chi connectivity index (χ4v) is 3.06. The number of furan rings is 1. The maximum Gasteiger partial charge on any atom is 0.259 e. The van der Waals surface area contributed by atoms with Crippen LogP contribution >= 0.6 is 11.6 Å². The number of anilines is 2. The Bertz CT molecular complexity index is 721. The second-order valence-electron chi connectivity index (χ2n) is 5.52. The van der Waals surface area contributed by atoms with E-state index in [1.54, 1.807) is 13.0 Å². The SMILES string of the molecule is Cc1cc(C(=O)Nc2cccc(Cl)c2N2CCOCC2)c(C)o1. The summed E-state index contributed by atoms with van der Waals surface area (Å²) in [4.78, 5) is 14.7. The van der Waals surface area contributed by atoms with Crippen molar-refractivity contribution < 1.29 is 13.9 Å². The molecule has 0 unspecified atom stereocenters. The fraction of sp³-hybridized carbons (Fsp3) is 0.353. The Kier molecular flexibility index (Phi) is 4.59. The minimum Gasteiger partial charge on any atom is -0.466 e. The average molecular weight is 335 g/mol. The van der Waals surface area contributed by atoms with Gasteiger partial charge in [-0.15, -0.1) is 0 Å². The molecule has 1 aliphatic rings. The van der Waals surface area contributed by atoms with Crippen molar-refractivity contribution in [3.05, 3.63) is 46.4 Å². The zero-order valence-corrected chi connectivity index (χ0v) is 13.9. The highest BCUT2D eigenvalue weighted by molar-refractivity contribution is 6.34. The first-order valence-corrected chi connectivity index (χ1v) is 7.93. The van der Waals surface area contributed by atoms with Crippen LogP contribution in [0.15, 0.2) is 28.7 Å². The standard InChI is InChI=1S/C17H19ClN2O3/c1-11-10-13(12(2)23-11)17(21)19-15-5-3-4-14(18)16(15)20-6-8-22-9-7-20/h3-5,10H,6-9H2,1-2H3,(H,19,21). The van der Waals surface area contributed by atoms with E-state index in [2.05, 4.69) is 10.2 Å². The largest absolute Gasteiger partial charge is 0.466 e. The summed E-state index contributed by atoms with van der Waals surface area (Å²) >= 11 is 6.38. The lowest BCUT2D eigenvalue weighted by molar-refractivity contribution is 0.102. The molecule has 23 heavy (non-hydrogen) atoms. The van der Waals surface area contributed by atoms with Crippen molar-refractivity contribution in [3.63, 3.8) is 0 Å². The summed E-state index contributed by atoms with van der Waals surface area (Å²) in [6.07, 6.45) is 0. The summed E-state index contributed by atoms with van der Waals surface area (Å²) in [5.74, 6) is 1.12. The quantitative estimate of drug-likeness (QED) is 0.931.